The minimum Gasteiger partial charge on any atom is -0.465 e. The fourth-order valence-electron chi connectivity index (χ4n) is 2.86. The smallest absolute Gasteiger partial charge is 0.337 e. The lowest BCUT2D eigenvalue weighted by Gasteiger charge is -2.24. The van der Waals surface area contributed by atoms with Gasteiger partial charge >= 0.3 is 5.97 Å². The number of nitrogens with zero attached hydrogens (tertiary/aromatic N) is 1. The van der Waals surface area contributed by atoms with E-state index in [9.17, 15) is 14.4 Å². The first kappa shape index (κ1) is 21.2. The Labute approximate surface area is 165 Å². The number of rotatable bonds is 5. The minimum atomic E-state index is -0.461. The van der Waals surface area contributed by atoms with Gasteiger partial charge in [0, 0.05) is 18.3 Å². The van der Waals surface area contributed by atoms with Crippen LogP contribution in [0.2, 0.25) is 0 Å². The van der Waals surface area contributed by atoms with Crippen LogP contribution >= 0.6 is 0 Å². The van der Waals surface area contributed by atoms with Crippen LogP contribution in [-0.2, 0) is 19.7 Å². The fourth-order valence-corrected chi connectivity index (χ4v) is 2.86. The van der Waals surface area contributed by atoms with E-state index >= 15 is 0 Å². The van der Waals surface area contributed by atoms with Gasteiger partial charge in [-0.2, -0.15) is 0 Å². The summed E-state index contributed by atoms with van der Waals surface area (Å²) < 4.78 is 4.67. The number of amides is 2. The van der Waals surface area contributed by atoms with E-state index in [2.05, 4.69) is 30.8 Å². The second-order valence-corrected chi connectivity index (χ2v) is 7.49. The average Bonchev–Trinajstić information content (AvgIpc) is 2.65. The van der Waals surface area contributed by atoms with E-state index < -0.39 is 5.97 Å². The third-order valence-electron chi connectivity index (χ3n) is 4.29. The first-order valence-electron chi connectivity index (χ1n) is 8.99. The molecule has 0 aliphatic rings. The fraction of sp³-hybridized carbons (Fsp3) is 0.318. The summed E-state index contributed by atoms with van der Waals surface area (Å²) in [5.41, 5.74) is 2.51. The molecular weight excluding hydrogens is 356 g/mol. The lowest BCUT2D eigenvalue weighted by Crippen LogP contribution is -2.37. The molecule has 0 heterocycles. The van der Waals surface area contributed by atoms with Crippen LogP contribution in [0.25, 0.3) is 0 Å². The van der Waals surface area contributed by atoms with E-state index in [0.717, 1.165) is 11.3 Å². The normalized spacial score (nSPS) is 10.9. The standard InChI is InChI=1S/C22H26N2O4/c1-15(25)24(17-12-10-16(11-13-17)21(27)28-5)14-20(26)23-19-9-7-6-8-18(19)22(2,3)4/h6-13H,14H2,1-5H3,(H,23,26). The molecule has 0 spiro atoms. The number of methoxy groups -OCH3 is 1. The van der Waals surface area contributed by atoms with Crippen molar-refractivity contribution in [3.05, 3.63) is 59.7 Å². The van der Waals surface area contributed by atoms with E-state index in [4.69, 9.17) is 0 Å². The predicted octanol–water partition coefficient (Wildman–Crippen LogP) is 3.76. The Hall–Kier alpha value is -3.15. The Morgan fingerprint density at radius 1 is 1.00 bits per heavy atom. The number of anilines is 2. The highest BCUT2D eigenvalue weighted by molar-refractivity contribution is 6.02. The number of para-hydroxylation sites is 1. The summed E-state index contributed by atoms with van der Waals surface area (Å²) in [7, 11) is 1.30. The average molecular weight is 382 g/mol. The summed E-state index contributed by atoms with van der Waals surface area (Å²) in [5, 5.41) is 2.90. The van der Waals surface area contributed by atoms with Gasteiger partial charge < -0.3 is 15.0 Å². The van der Waals surface area contributed by atoms with Gasteiger partial charge in [-0.3, -0.25) is 9.59 Å². The molecule has 6 nitrogen and oxygen atoms in total. The molecule has 0 saturated carbocycles. The quantitative estimate of drug-likeness (QED) is 0.799. The Morgan fingerprint density at radius 2 is 1.61 bits per heavy atom. The molecule has 0 radical (unpaired) electrons. The van der Waals surface area contributed by atoms with Crippen LogP contribution in [-0.4, -0.2) is 31.4 Å². The molecule has 0 aliphatic carbocycles. The number of esters is 1. The third kappa shape index (κ3) is 5.19. The molecule has 0 atom stereocenters. The molecule has 0 fully saturated rings. The van der Waals surface area contributed by atoms with Crippen molar-refractivity contribution in [3.8, 4) is 0 Å². The van der Waals surface area contributed by atoms with Gasteiger partial charge in [0.15, 0.2) is 0 Å². The first-order valence-corrected chi connectivity index (χ1v) is 8.99. The maximum atomic E-state index is 12.6. The Kier molecular flexibility index (Phi) is 6.57. The van der Waals surface area contributed by atoms with Crippen molar-refractivity contribution in [2.75, 3.05) is 23.9 Å². The van der Waals surface area contributed by atoms with Crippen LogP contribution in [0.3, 0.4) is 0 Å². The zero-order chi connectivity index (χ0) is 20.9. The summed E-state index contributed by atoms with van der Waals surface area (Å²) in [4.78, 5) is 37.6. The van der Waals surface area contributed by atoms with Crippen LogP contribution in [0.1, 0.15) is 43.6 Å². The number of nitrogens with one attached hydrogen (secondary N) is 1. The molecule has 2 rings (SSSR count). The number of benzene rings is 2. The van der Waals surface area contributed by atoms with Crippen molar-refractivity contribution in [2.24, 2.45) is 0 Å². The van der Waals surface area contributed by atoms with Crippen LogP contribution < -0.4 is 10.2 Å². The SMILES string of the molecule is COC(=O)c1ccc(N(CC(=O)Nc2ccccc2C(C)(C)C)C(C)=O)cc1. The molecule has 0 saturated heterocycles. The number of hydrogen-bond donors (Lipinski definition) is 1. The van der Waals surface area contributed by atoms with Crippen LogP contribution in [0.5, 0.6) is 0 Å². The molecule has 2 amide bonds. The molecule has 0 aliphatic heterocycles. The number of ether oxygens (including phenoxy) is 1. The van der Waals surface area contributed by atoms with E-state index in [0.29, 0.717) is 11.3 Å². The summed E-state index contributed by atoms with van der Waals surface area (Å²) in [6.45, 7) is 7.48. The summed E-state index contributed by atoms with van der Waals surface area (Å²) in [5.74, 6) is -1.04. The van der Waals surface area contributed by atoms with Crippen molar-refractivity contribution in [2.45, 2.75) is 33.1 Å². The Balaban J connectivity index is 2.18. The predicted molar refractivity (Wildman–Crippen MR) is 110 cm³/mol. The van der Waals surface area contributed by atoms with E-state index in [1.807, 2.05) is 24.3 Å². The molecule has 2 aromatic carbocycles. The third-order valence-corrected chi connectivity index (χ3v) is 4.29. The van der Waals surface area contributed by atoms with Gasteiger partial charge in [0.25, 0.3) is 0 Å². The van der Waals surface area contributed by atoms with Crippen LogP contribution in [0, 0.1) is 0 Å². The highest BCUT2D eigenvalue weighted by atomic mass is 16.5. The zero-order valence-corrected chi connectivity index (χ0v) is 16.9. The van der Waals surface area contributed by atoms with Crippen molar-refractivity contribution in [3.63, 3.8) is 0 Å². The van der Waals surface area contributed by atoms with Crippen LogP contribution in [0.4, 0.5) is 11.4 Å². The first-order chi connectivity index (χ1) is 13.1. The lowest BCUT2D eigenvalue weighted by atomic mass is 9.86. The number of carbonyl (C=O) groups excluding carboxylic acids is 3. The molecule has 0 aromatic heterocycles. The summed E-state index contributed by atoms with van der Waals surface area (Å²) in [6, 6.07) is 14.0. The molecule has 28 heavy (non-hydrogen) atoms. The minimum absolute atomic E-state index is 0.131. The summed E-state index contributed by atoms with van der Waals surface area (Å²) >= 11 is 0. The molecule has 1 N–H and O–H groups in total. The topological polar surface area (TPSA) is 75.7 Å². The summed E-state index contributed by atoms with van der Waals surface area (Å²) in [6.07, 6.45) is 0. The largest absolute Gasteiger partial charge is 0.465 e. The van der Waals surface area contributed by atoms with E-state index in [1.54, 1.807) is 24.3 Å². The number of hydrogen-bond acceptors (Lipinski definition) is 4. The molecule has 148 valence electrons. The van der Waals surface area contributed by atoms with E-state index in [-0.39, 0.29) is 23.8 Å². The van der Waals surface area contributed by atoms with Gasteiger partial charge in [0.05, 0.1) is 12.7 Å². The second-order valence-electron chi connectivity index (χ2n) is 7.49. The molecule has 0 unspecified atom stereocenters. The lowest BCUT2D eigenvalue weighted by molar-refractivity contribution is -0.120. The van der Waals surface area contributed by atoms with Gasteiger partial charge in [-0.15, -0.1) is 0 Å². The van der Waals surface area contributed by atoms with Crippen molar-refractivity contribution < 1.29 is 19.1 Å². The highest BCUT2D eigenvalue weighted by Crippen LogP contribution is 2.29. The van der Waals surface area contributed by atoms with Gasteiger partial charge in [0.1, 0.15) is 6.54 Å². The number of carbonyl (C=O) groups is 3. The van der Waals surface area contributed by atoms with E-state index in [1.165, 1.54) is 18.9 Å². The maximum Gasteiger partial charge on any atom is 0.337 e. The Bertz CT molecular complexity index is 867. The second kappa shape index (κ2) is 8.69. The van der Waals surface area contributed by atoms with Crippen molar-refractivity contribution in [1.82, 2.24) is 0 Å². The zero-order valence-electron chi connectivity index (χ0n) is 16.9. The molecule has 2 aromatic rings. The molecule has 6 heteroatoms. The monoisotopic (exact) mass is 382 g/mol. The maximum absolute atomic E-state index is 12.6. The highest BCUT2D eigenvalue weighted by Gasteiger charge is 2.21. The van der Waals surface area contributed by atoms with Gasteiger partial charge in [-0.1, -0.05) is 39.0 Å². The van der Waals surface area contributed by atoms with Crippen molar-refractivity contribution >= 4 is 29.2 Å². The van der Waals surface area contributed by atoms with Gasteiger partial charge in [-0.25, -0.2) is 4.79 Å². The van der Waals surface area contributed by atoms with Gasteiger partial charge in [0.2, 0.25) is 11.8 Å². The molecule has 0 bridgehead atoms. The van der Waals surface area contributed by atoms with Gasteiger partial charge in [-0.05, 0) is 41.3 Å². The van der Waals surface area contributed by atoms with Crippen molar-refractivity contribution in [1.29, 1.82) is 0 Å². The van der Waals surface area contributed by atoms with Crippen LogP contribution in [0.15, 0.2) is 48.5 Å². The Morgan fingerprint density at radius 3 is 2.14 bits per heavy atom. The molecular formula is C22H26N2O4.